The van der Waals surface area contributed by atoms with Crippen LogP contribution in [0, 0.1) is 10.8 Å². The highest BCUT2D eigenvalue weighted by Gasteiger charge is 2.39. The van der Waals surface area contributed by atoms with Crippen molar-refractivity contribution in [3.05, 3.63) is 52.8 Å². The Bertz CT molecular complexity index is 930. The lowest BCUT2D eigenvalue weighted by Gasteiger charge is -2.37. The first-order valence-electron chi connectivity index (χ1n) is 9.78. The van der Waals surface area contributed by atoms with Gasteiger partial charge in [0.1, 0.15) is 0 Å². The summed E-state index contributed by atoms with van der Waals surface area (Å²) in [5.41, 5.74) is 6.99. The number of pyridine rings is 1. The summed E-state index contributed by atoms with van der Waals surface area (Å²) in [6.07, 6.45) is 2.99. The molecule has 0 amide bonds. The molecule has 4 rings (SSSR count). The SMILES string of the molecule is CC1(C)CC(=NO)c2c(nc3c(c2-c2ccccc2)C(=NO)CC(C)(C)C3)C1. The Morgan fingerprint density at radius 1 is 0.714 bits per heavy atom. The molecule has 1 heterocycles. The molecule has 5 nitrogen and oxygen atoms in total. The van der Waals surface area contributed by atoms with Crippen LogP contribution in [0.2, 0.25) is 0 Å². The van der Waals surface area contributed by atoms with E-state index in [1.165, 1.54) is 0 Å². The first-order valence-corrected chi connectivity index (χ1v) is 9.78. The van der Waals surface area contributed by atoms with Crippen LogP contribution in [0.5, 0.6) is 0 Å². The summed E-state index contributed by atoms with van der Waals surface area (Å²) in [5.74, 6) is 0. The maximum absolute atomic E-state index is 9.83. The second-order valence-corrected chi connectivity index (χ2v) is 9.63. The number of benzene rings is 1. The topological polar surface area (TPSA) is 78.1 Å². The molecule has 0 fully saturated rings. The standard InChI is InChI=1S/C23H27N3O2/c1-22(2)10-15-20(17(12-22)25-27)19(14-8-6-5-7-9-14)21-16(24-15)11-23(3,4)13-18(21)26-28/h5-9,27-28H,10-13H2,1-4H3. The molecular weight excluding hydrogens is 350 g/mol. The molecule has 5 heteroatoms. The van der Waals surface area contributed by atoms with Gasteiger partial charge in [-0.2, -0.15) is 0 Å². The molecule has 2 aromatic rings. The van der Waals surface area contributed by atoms with Crippen LogP contribution in [-0.4, -0.2) is 26.8 Å². The highest BCUT2D eigenvalue weighted by molar-refractivity contribution is 6.15. The predicted octanol–water partition coefficient (Wildman–Crippen LogP) is 5.05. The maximum atomic E-state index is 9.83. The van der Waals surface area contributed by atoms with Gasteiger partial charge >= 0.3 is 0 Å². The largest absolute Gasteiger partial charge is 0.411 e. The van der Waals surface area contributed by atoms with Crippen molar-refractivity contribution in [3.8, 4) is 11.1 Å². The van der Waals surface area contributed by atoms with Gasteiger partial charge in [-0.05, 0) is 42.1 Å². The molecule has 0 saturated heterocycles. The fourth-order valence-corrected chi connectivity index (χ4v) is 4.74. The minimum atomic E-state index is -0.0260. The van der Waals surface area contributed by atoms with E-state index in [0.717, 1.165) is 46.5 Å². The number of nitrogens with zero attached hydrogens (tertiary/aromatic N) is 3. The molecular formula is C23H27N3O2. The molecule has 1 aromatic carbocycles. The summed E-state index contributed by atoms with van der Waals surface area (Å²) in [7, 11) is 0. The predicted molar refractivity (Wildman–Crippen MR) is 111 cm³/mol. The minimum absolute atomic E-state index is 0.0260. The average Bonchev–Trinajstić information content (AvgIpc) is 2.64. The lowest BCUT2D eigenvalue weighted by Crippen LogP contribution is -2.34. The Balaban J connectivity index is 2.11. The second-order valence-electron chi connectivity index (χ2n) is 9.63. The molecule has 2 N–H and O–H groups in total. The van der Waals surface area contributed by atoms with Crippen molar-refractivity contribution < 1.29 is 10.4 Å². The molecule has 1 aromatic heterocycles. The van der Waals surface area contributed by atoms with Crippen molar-refractivity contribution in [1.82, 2.24) is 4.98 Å². The third-order valence-corrected chi connectivity index (χ3v) is 5.81. The summed E-state index contributed by atoms with van der Waals surface area (Å²) >= 11 is 0. The van der Waals surface area contributed by atoms with Crippen molar-refractivity contribution >= 4 is 11.4 Å². The molecule has 2 aliphatic carbocycles. The van der Waals surface area contributed by atoms with Crippen LogP contribution in [-0.2, 0) is 12.8 Å². The van der Waals surface area contributed by atoms with Gasteiger partial charge in [-0.15, -0.1) is 0 Å². The van der Waals surface area contributed by atoms with Crippen molar-refractivity contribution in [2.24, 2.45) is 21.1 Å². The Labute approximate surface area is 165 Å². The van der Waals surface area contributed by atoms with Crippen molar-refractivity contribution in [3.63, 3.8) is 0 Å². The molecule has 2 aliphatic rings. The van der Waals surface area contributed by atoms with Crippen LogP contribution < -0.4 is 0 Å². The van der Waals surface area contributed by atoms with E-state index in [9.17, 15) is 10.4 Å². The van der Waals surface area contributed by atoms with Crippen LogP contribution >= 0.6 is 0 Å². The Morgan fingerprint density at radius 3 is 1.61 bits per heavy atom. The van der Waals surface area contributed by atoms with E-state index < -0.39 is 0 Å². The Hall–Kier alpha value is -2.69. The highest BCUT2D eigenvalue weighted by Crippen LogP contribution is 2.45. The smallest absolute Gasteiger partial charge is 0.0898 e. The Morgan fingerprint density at radius 2 is 1.18 bits per heavy atom. The summed E-state index contributed by atoms with van der Waals surface area (Å²) in [6, 6.07) is 10.1. The monoisotopic (exact) mass is 377 g/mol. The number of hydrogen-bond donors (Lipinski definition) is 2. The van der Waals surface area contributed by atoms with Crippen molar-refractivity contribution in [2.75, 3.05) is 0 Å². The third-order valence-electron chi connectivity index (χ3n) is 5.81. The van der Waals surface area contributed by atoms with E-state index in [0.29, 0.717) is 24.3 Å². The number of hydrogen-bond acceptors (Lipinski definition) is 5. The molecule has 0 radical (unpaired) electrons. The summed E-state index contributed by atoms with van der Waals surface area (Å²) < 4.78 is 0. The summed E-state index contributed by atoms with van der Waals surface area (Å²) in [6.45, 7) is 8.70. The lowest BCUT2D eigenvalue weighted by atomic mass is 9.69. The van der Waals surface area contributed by atoms with Gasteiger partial charge in [-0.3, -0.25) is 4.98 Å². The number of aromatic nitrogens is 1. The number of oxime groups is 2. The van der Waals surface area contributed by atoms with Gasteiger partial charge in [0.05, 0.1) is 22.8 Å². The maximum Gasteiger partial charge on any atom is 0.0898 e. The van der Waals surface area contributed by atoms with Gasteiger partial charge in [0.15, 0.2) is 0 Å². The number of fused-ring (bicyclic) bond motifs is 2. The highest BCUT2D eigenvalue weighted by atomic mass is 16.4. The molecule has 0 atom stereocenters. The van der Waals surface area contributed by atoms with Crippen molar-refractivity contribution in [2.45, 2.75) is 53.4 Å². The fourth-order valence-electron chi connectivity index (χ4n) is 4.74. The van der Waals surface area contributed by atoms with E-state index in [2.05, 4.69) is 50.1 Å². The molecule has 146 valence electrons. The minimum Gasteiger partial charge on any atom is -0.411 e. The third kappa shape index (κ3) is 3.09. The van der Waals surface area contributed by atoms with E-state index in [1.807, 2.05) is 18.2 Å². The Kier molecular flexibility index (Phi) is 4.29. The quantitative estimate of drug-likeness (QED) is 0.539. The van der Waals surface area contributed by atoms with E-state index in [4.69, 9.17) is 4.98 Å². The zero-order chi connectivity index (χ0) is 20.1. The molecule has 0 bridgehead atoms. The first-order chi connectivity index (χ1) is 13.2. The molecule has 0 unspecified atom stereocenters. The van der Waals surface area contributed by atoms with E-state index in [-0.39, 0.29) is 10.8 Å². The normalized spacial score (nSPS) is 22.7. The van der Waals surface area contributed by atoms with Crippen molar-refractivity contribution in [1.29, 1.82) is 0 Å². The average molecular weight is 377 g/mol. The molecule has 0 spiro atoms. The van der Waals surface area contributed by atoms with Crippen LogP contribution in [0.25, 0.3) is 11.1 Å². The van der Waals surface area contributed by atoms with Crippen LogP contribution in [0.15, 0.2) is 40.6 Å². The first kappa shape index (κ1) is 18.7. The molecule has 0 saturated carbocycles. The zero-order valence-electron chi connectivity index (χ0n) is 17.0. The van der Waals surface area contributed by atoms with E-state index in [1.54, 1.807) is 0 Å². The zero-order valence-corrected chi connectivity index (χ0v) is 17.0. The van der Waals surface area contributed by atoms with Gasteiger partial charge in [-0.1, -0.05) is 68.3 Å². The van der Waals surface area contributed by atoms with Gasteiger partial charge in [0.25, 0.3) is 0 Å². The van der Waals surface area contributed by atoms with Gasteiger partial charge in [-0.25, -0.2) is 0 Å². The molecule has 28 heavy (non-hydrogen) atoms. The van der Waals surface area contributed by atoms with Gasteiger partial charge < -0.3 is 10.4 Å². The van der Waals surface area contributed by atoms with Crippen LogP contribution in [0.3, 0.4) is 0 Å². The second kappa shape index (κ2) is 6.43. The lowest BCUT2D eigenvalue weighted by molar-refractivity contribution is 0.303. The van der Waals surface area contributed by atoms with Gasteiger partial charge in [0.2, 0.25) is 0 Å². The molecule has 0 aliphatic heterocycles. The van der Waals surface area contributed by atoms with Crippen LogP contribution in [0.4, 0.5) is 0 Å². The summed E-state index contributed by atoms with van der Waals surface area (Å²) in [4.78, 5) is 5.04. The van der Waals surface area contributed by atoms with Crippen LogP contribution in [0.1, 0.15) is 63.1 Å². The fraction of sp³-hybridized carbons (Fsp3) is 0.435. The van der Waals surface area contributed by atoms with Gasteiger partial charge in [0, 0.05) is 16.7 Å². The van der Waals surface area contributed by atoms with E-state index >= 15 is 0 Å². The number of rotatable bonds is 1. The summed E-state index contributed by atoms with van der Waals surface area (Å²) in [5, 5.41) is 27.0.